The highest BCUT2D eigenvalue weighted by atomic mass is 32.2. The SMILES string of the molecule is CC(=O)N(c1nc(/C=C/C(=O)Nc2ccnc(Sc3ccccn3)c2)cs1)c1ccccc1F. The lowest BCUT2D eigenvalue weighted by atomic mass is 10.3. The highest BCUT2D eigenvalue weighted by molar-refractivity contribution is 7.99. The number of para-hydroxylation sites is 1. The van der Waals surface area contributed by atoms with E-state index in [1.165, 1.54) is 59.2 Å². The molecule has 1 aromatic carbocycles. The number of pyridine rings is 2. The number of nitrogens with one attached hydrogen (secondary N) is 1. The number of carbonyl (C=O) groups excluding carboxylic acids is 2. The Kier molecular flexibility index (Phi) is 7.41. The van der Waals surface area contributed by atoms with Gasteiger partial charge in [0.1, 0.15) is 15.9 Å². The summed E-state index contributed by atoms with van der Waals surface area (Å²) in [5, 5.41) is 6.27. The molecule has 0 saturated heterocycles. The van der Waals surface area contributed by atoms with E-state index in [-0.39, 0.29) is 17.5 Å². The Bertz CT molecular complexity index is 1340. The van der Waals surface area contributed by atoms with Crippen molar-refractivity contribution >= 4 is 57.5 Å². The number of rotatable bonds is 7. The maximum Gasteiger partial charge on any atom is 0.248 e. The minimum Gasteiger partial charge on any atom is -0.322 e. The number of aromatic nitrogens is 3. The number of halogens is 1. The molecular formula is C24H18FN5O2S2. The molecule has 4 aromatic rings. The van der Waals surface area contributed by atoms with E-state index in [1.807, 2.05) is 18.2 Å². The summed E-state index contributed by atoms with van der Waals surface area (Å²) in [5.41, 5.74) is 1.18. The number of hydrogen-bond acceptors (Lipinski definition) is 7. The van der Waals surface area contributed by atoms with Gasteiger partial charge in [0.15, 0.2) is 5.13 Å². The van der Waals surface area contributed by atoms with Crippen LogP contribution in [-0.2, 0) is 9.59 Å². The minimum absolute atomic E-state index is 0.120. The van der Waals surface area contributed by atoms with Crippen LogP contribution in [0.1, 0.15) is 12.6 Å². The highest BCUT2D eigenvalue weighted by Gasteiger charge is 2.20. The van der Waals surface area contributed by atoms with Crippen molar-refractivity contribution in [3.8, 4) is 0 Å². The fraction of sp³-hybridized carbons (Fsp3) is 0.0417. The molecule has 4 rings (SSSR count). The summed E-state index contributed by atoms with van der Waals surface area (Å²) in [6.45, 7) is 1.34. The standard InChI is InChI=1S/C24H18FN5O2S2/c1-16(31)30(20-7-3-2-6-19(20)25)24-29-18(15-33-24)9-10-21(32)28-17-11-13-27-23(14-17)34-22-8-4-5-12-26-22/h2-15H,1H3,(H,27,28,32)/b10-9+. The Balaban J connectivity index is 1.43. The molecule has 0 aliphatic rings. The van der Waals surface area contributed by atoms with Crippen molar-refractivity contribution in [3.05, 3.63) is 90.0 Å². The number of thiazole rings is 1. The molecule has 3 aromatic heterocycles. The second-order valence-electron chi connectivity index (χ2n) is 6.84. The summed E-state index contributed by atoms with van der Waals surface area (Å²) in [6.07, 6.45) is 6.18. The largest absolute Gasteiger partial charge is 0.322 e. The van der Waals surface area contributed by atoms with Crippen molar-refractivity contribution in [2.24, 2.45) is 0 Å². The molecule has 0 unspecified atom stereocenters. The molecule has 0 aliphatic carbocycles. The van der Waals surface area contributed by atoms with Crippen LogP contribution >= 0.6 is 23.1 Å². The number of amides is 2. The van der Waals surface area contributed by atoms with Gasteiger partial charge < -0.3 is 5.32 Å². The van der Waals surface area contributed by atoms with Crippen molar-refractivity contribution < 1.29 is 14.0 Å². The number of carbonyl (C=O) groups is 2. The second-order valence-corrected chi connectivity index (χ2v) is 8.71. The summed E-state index contributed by atoms with van der Waals surface area (Å²) in [7, 11) is 0. The Morgan fingerprint density at radius 2 is 1.85 bits per heavy atom. The van der Waals surface area contributed by atoms with E-state index >= 15 is 0 Å². The Labute approximate surface area is 203 Å². The average Bonchev–Trinajstić information content (AvgIpc) is 3.28. The second kappa shape index (κ2) is 10.8. The number of nitrogens with zero attached hydrogens (tertiary/aromatic N) is 4. The fourth-order valence-corrected chi connectivity index (χ4v) is 4.52. The number of hydrogen-bond donors (Lipinski definition) is 1. The third-order valence-electron chi connectivity index (χ3n) is 4.36. The van der Waals surface area contributed by atoms with Crippen LogP contribution in [0.25, 0.3) is 6.08 Å². The molecule has 0 spiro atoms. The summed E-state index contributed by atoms with van der Waals surface area (Å²) in [5.74, 6) is -1.25. The molecule has 7 nitrogen and oxygen atoms in total. The smallest absolute Gasteiger partial charge is 0.248 e. The molecule has 0 saturated carbocycles. The molecule has 3 heterocycles. The van der Waals surface area contributed by atoms with Gasteiger partial charge in [-0.1, -0.05) is 30.0 Å². The van der Waals surface area contributed by atoms with Crippen LogP contribution in [0.5, 0.6) is 0 Å². The molecule has 0 aliphatic heterocycles. The van der Waals surface area contributed by atoms with E-state index in [2.05, 4.69) is 20.3 Å². The molecule has 0 fully saturated rings. The quantitative estimate of drug-likeness (QED) is 0.341. The predicted octanol–water partition coefficient (Wildman–Crippen LogP) is 5.56. The highest BCUT2D eigenvalue weighted by Crippen LogP contribution is 2.31. The van der Waals surface area contributed by atoms with Gasteiger partial charge >= 0.3 is 0 Å². The zero-order valence-corrected chi connectivity index (χ0v) is 19.5. The van der Waals surface area contributed by atoms with Gasteiger partial charge in [0.2, 0.25) is 11.8 Å². The average molecular weight is 492 g/mol. The molecule has 0 bridgehead atoms. The van der Waals surface area contributed by atoms with Gasteiger partial charge in [0.05, 0.1) is 11.4 Å². The topological polar surface area (TPSA) is 88.1 Å². The van der Waals surface area contributed by atoms with E-state index in [1.54, 1.807) is 42.0 Å². The van der Waals surface area contributed by atoms with Crippen molar-refractivity contribution in [1.29, 1.82) is 0 Å². The van der Waals surface area contributed by atoms with Gasteiger partial charge in [0.25, 0.3) is 0 Å². The molecule has 0 atom stereocenters. The maximum atomic E-state index is 14.2. The zero-order chi connectivity index (χ0) is 23.9. The number of anilines is 3. The van der Waals surface area contributed by atoms with E-state index in [4.69, 9.17) is 0 Å². The normalized spacial score (nSPS) is 10.9. The summed E-state index contributed by atoms with van der Waals surface area (Å²) in [6, 6.07) is 15.0. The van der Waals surface area contributed by atoms with Crippen LogP contribution in [0.4, 0.5) is 20.9 Å². The molecule has 1 N–H and O–H groups in total. The lowest BCUT2D eigenvalue weighted by Crippen LogP contribution is -2.23. The van der Waals surface area contributed by atoms with Gasteiger partial charge in [-0.15, -0.1) is 11.3 Å². The van der Waals surface area contributed by atoms with Crippen LogP contribution in [-0.4, -0.2) is 26.8 Å². The Morgan fingerprint density at radius 1 is 1.06 bits per heavy atom. The number of benzene rings is 1. The van der Waals surface area contributed by atoms with Gasteiger partial charge in [0, 0.05) is 36.5 Å². The fourth-order valence-electron chi connectivity index (χ4n) is 2.90. The Hall–Kier alpha value is -3.89. The van der Waals surface area contributed by atoms with E-state index in [0.29, 0.717) is 21.5 Å². The third-order valence-corrected chi connectivity index (χ3v) is 6.09. The zero-order valence-electron chi connectivity index (χ0n) is 17.9. The van der Waals surface area contributed by atoms with Crippen LogP contribution in [0.15, 0.2) is 88.5 Å². The molecular weight excluding hydrogens is 473 g/mol. The van der Waals surface area contributed by atoms with Crippen molar-refractivity contribution in [2.45, 2.75) is 17.0 Å². The molecule has 10 heteroatoms. The maximum absolute atomic E-state index is 14.2. The van der Waals surface area contributed by atoms with Crippen LogP contribution < -0.4 is 10.2 Å². The minimum atomic E-state index is -0.526. The van der Waals surface area contributed by atoms with Crippen molar-refractivity contribution in [3.63, 3.8) is 0 Å². The molecule has 0 radical (unpaired) electrons. The summed E-state index contributed by atoms with van der Waals surface area (Å²) in [4.78, 5) is 38.6. The van der Waals surface area contributed by atoms with E-state index in [0.717, 1.165) is 5.03 Å². The first-order valence-corrected chi connectivity index (χ1v) is 11.7. The van der Waals surface area contributed by atoms with Crippen molar-refractivity contribution in [2.75, 3.05) is 10.2 Å². The third kappa shape index (κ3) is 5.91. The van der Waals surface area contributed by atoms with Gasteiger partial charge in [-0.25, -0.2) is 19.3 Å². The van der Waals surface area contributed by atoms with Crippen LogP contribution in [0, 0.1) is 5.82 Å². The first-order valence-electron chi connectivity index (χ1n) is 10.0. The van der Waals surface area contributed by atoms with Crippen molar-refractivity contribution in [1.82, 2.24) is 15.0 Å². The first-order chi connectivity index (χ1) is 16.5. The Morgan fingerprint density at radius 3 is 2.62 bits per heavy atom. The lowest BCUT2D eigenvalue weighted by molar-refractivity contribution is -0.116. The molecule has 170 valence electrons. The van der Waals surface area contributed by atoms with E-state index < -0.39 is 5.82 Å². The monoisotopic (exact) mass is 491 g/mol. The van der Waals surface area contributed by atoms with Gasteiger partial charge in [-0.2, -0.15) is 0 Å². The lowest BCUT2D eigenvalue weighted by Gasteiger charge is -2.18. The van der Waals surface area contributed by atoms with Crippen LogP contribution in [0.3, 0.4) is 0 Å². The van der Waals surface area contributed by atoms with Gasteiger partial charge in [-0.05, 0) is 42.5 Å². The molecule has 2 amide bonds. The predicted molar refractivity (Wildman–Crippen MR) is 132 cm³/mol. The summed E-state index contributed by atoms with van der Waals surface area (Å²) >= 11 is 2.56. The van der Waals surface area contributed by atoms with Gasteiger partial charge in [-0.3, -0.25) is 14.5 Å². The summed E-state index contributed by atoms with van der Waals surface area (Å²) < 4.78 is 14.2. The van der Waals surface area contributed by atoms with Crippen LogP contribution in [0.2, 0.25) is 0 Å². The molecule has 34 heavy (non-hydrogen) atoms. The van der Waals surface area contributed by atoms with E-state index in [9.17, 15) is 14.0 Å². The first kappa shape index (κ1) is 23.3.